The molecule has 5 rings (SSSR count). The zero-order valence-corrected chi connectivity index (χ0v) is 25.4. The van der Waals surface area contributed by atoms with Gasteiger partial charge in [-0.2, -0.15) is 0 Å². The van der Waals surface area contributed by atoms with Crippen LogP contribution in [0.2, 0.25) is 5.02 Å². The minimum absolute atomic E-state index is 0.209. The van der Waals surface area contributed by atoms with Gasteiger partial charge in [0.2, 0.25) is 0 Å². The molecule has 0 spiro atoms. The third-order valence-electron chi connectivity index (χ3n) is 7.59. The SMILES string of the molecule is CCOc1ccc(Cc2cc([C@@H]3O[C@H](COC)[C@@H](O)C(OCc4ccccc4)[C@H]3OCc3ccccc3)ccc2Cl)cc1. The topological polar surface area (TPSA) is 66.4 Å². The fourth-order valence-electron chi connectivity index (χ4n) is 5.40. The van der Waals surface area contributed by atoms with Gasteiger partial charge in [-0.05, 0) is 59.4 Å². The van der Waals surface area contributed by atoms with Gasteiger partial charge >= 0.3 is 0 Å². The molecule has 1 saturated heterocycles. The molecule has 0 aliphatic carbocycles. The Kier molecular flexibility index (Phi) is 11.2. The lowest BCUT2D eigenvalue weighted by Gasteiger charge is -2.44. The van der Waals surface area contributed by atoms with E-state index in [1.165, 1.54) is 0 Å². The van der Waals surface area contributed by atoms with E-state index in [1.54, 1.807) is 7.11 Å². The molecule has 4 aromatic carbocycles. The summed E-state index contributed by atoms with van der Waals surface area (Å²) in [6.07, 6.45) is -2.75. The second kappa shape index (κ2) is 15.5. The van der Waals surface area contributed by atoms with Crippen LogP contribution in [0, 0.1) is 0 Å². The first-order valence-electron chi connectivity index (χ1n) is 14.7. The van der Waals surface area contributed by atoms with Gasteiger partial charge in [0.1, 0.15) is 36.3 Å². The van der Waals surface area contributed by atoms with Crippen LogP contribution in [0.5, 0.6) is 5.75 Å². The smallest absolute Gasteiger partial charge is 0.119 e. The third-order valence-corrected chi connectivity index (χ3v) is 7.96. The Morgan fingerprint density at radius 3 is 2.00 bits per heavy atom. The summed E-state index contributed by atoms with van der Waals surface area (Å²) in [5, 5.41) is 12.2. The number of rotatable bonds is 13. The number of halogens is 1. The van der Waals surface area contributed by atoms with Gasteiger partial charge in [-0.3, -0.25) is 0 Å². The van der Waals surface area contributed by atoms with Crippen LogP contribution in [0.4, 0.5) is 0 Å². The van der Waals surface area contributed by atoms with Gasteiger partial charge in [0.15, 0.2) is 0 Å². The molecule has 4 aromatic rings. The summed E-state index contributed by atoms with van der Waals surface area (Å²) < 4.78 is 30.6. The van der Waals surface area contributed by atoms with E-state index in [0.717, 1.165) is 33.6 Å². The first-order chi connectivity index (χ1) is 21.1. The highest BCUT2D eigenvalue weighted by Crippen LogP contribution is 2.38. The van der Waals surface area contributed by atoms with Crippen molar-refractivity contribution in [1.29, 1.82) is 0 Å². The molecule has 0 amide bonds. The number of ether oxygens (including phenoxy) is 5. The van der Waals surface area contributed by atoms with Crippen LogP contribution in [-0.2, 0) is 38.6 Å². The van der Waals surface area contributed by atoms with E-state index in [1.807, 2.05) is 91.9 Å². The van der Waals surface area contributed by atoms with Gasteiger partial charge in [0.05, 0.1) is 26.4 Å². The zero-order valence-electron chi connectivity index (χ0n) is 24.6. The third kappa shape index (κ3) is 8.24. The second-order valence-corrected chi connectivity index (χ2v) is 11.1. The van der Waals surface area contributed by atoms with E-state index in [0.29, 0.717) is 31.3 Å². The molecule has 6 nitrogen and oxygen atoms in total. The molecule has 5 atom stereocenters. The fraction of sp³-hybridized carbons (Fsp3) is 0.333. The number of methoxy groups -OCH3 is 1. The minimum atomic E-state index is -0.962. The van der Waals surface area contributed by atoms with Crippen molar-refractivity contribution in [3.8, 4) is 5.75 Å². The van der Waals surface area contributed by atoms with E-state index >= 15 is 0 Å². The standard InChI is InChI=1S/C36H39ClO6/c1-3-40-30-17-14-25(15-18-30)20-29-21-28(16-19-31(29)37)34-36(42-23-27-12-8-5-9-13-27)35(33(38)32(43-34)24-39-2)41-22-26-10-6-4-7-11-26/h4-19,21,32-36,38H,3,20,22-24H2,1-2H3/t32-,33-,34+,35?,36+/m1/s1. The van der Waals surface area contributed by atoms with E-state index in [2.05, 4.69) is 18.2 Å². The van der Waals surface area contributed by atoms with Gasteiger partial charge in [-0.25, -0.2) is 0 Å². The summed E-state index contributed by atoms with van der Waals surface area (Å²) in [5.41, 5.74) is 4.99. The van der Waals surface area contributed by atoms with Crippen LogP contribution < -0.4 is 4.74 Å². The van der Waals surface area contributed by atoms with Crippen LogP contribution >= 0.6 is 11.6 Å². The Morgan fingerprint density at radius 2 is 1.40 bits per heavy atom. The molecule has 0 bridgehead atoms. The van der Waals surface area contributed by atoms with Crippen LogP contribution in [0.25, 0.3) is 0 Å². The Hall–Kier alpha value is -3.23. The highest BCUT2D eigenvalue weighted by molar-refractivity contribution is 6.31. The van der Waals surface area contributed by atoms with Crippen molar-refractivity contribution >= 4 is 11.6 Å². The monoisotopic (exact) mass is 602 g/mol. The summed E-state index contributed by atoms with van der Waals surface area (Å²) >= 11 is 6.71. The maximum absolute atomic E-state index is 11.5. The Bertz CT molecular complexity index is 1400. The lowest BCUT2D eigenvalue weighted by molar-refractivity contribution is -0.261. The molecule has 7 heteroatoms. The summed E-state index contributed by atoms with van der Waals surface area (Å²) in [5.74, 6) is 0.837. The predicted molar refractivity (Wildman–Crippen MR) is 167 cm³/mol. The molecule has 1 N–H and O–H groups in total. The van der Waals surface area contributed by atoms with Crippen LogP contribution in [-0.4, -0.2) is 49.8 Å². The fourth-order valence-corrected chi connectivity index (χ4v) is 5.59. The van der Waals surface area contributed by atoms with Crippen molar-refractivity contribution in [1.82, 2.24) is 0 Å². The summed E-state index contributed by atoms with van der Waals surface area (Å²) in [6, 6.07) is 33.8. The van der Waals surface area contributed by atoms with Gasteiger partial charge in [0.25, 0.3) is 0 Å². The molecular formula is C36H39ClO6. The molecule has 1 unspecified atom stereocenters. The van der Waals surface area contributed by atoms with E-state index in [9.17, 15) is 5.11 Å². The first-order valence-corrected chi connectivity index (χ1v) is 15.1. The number of benzene rings is 4. The molecule has 0 aromatic heterocycles. The van der Waals surface area contributed by atoms with Crippen molar-refractivity contribution < 1.29 is 28.8 Å². The average molecular weight is 603 g/mol. The Balaban J connectivity index is 1.45. The number of aliphatic hydroxyl groups excluding tert-OH is 1. The lowest BCUT2D eigenvalue weighted by Crippen LogP contribution is -2.57. The summed E-state index contributed by atoms with van der Waals surface area (Å²) in [7, 11) is 1.60. The van der Waals surface area contributed by atoms with Crippen molar-refractivity contribution in [2.75, 3.05) is 20.3 Å². The van der Waals surface area contributed by atoms with E-state index in [-0.39, 0.29) is 6.61 Å². The van der Waals surface area contributed by atoms with Gasteiger partial charge in [-0.1, -0.05) is 96.5 Å². The van der Waals surface area contributed by atoms with Crippen molar-refractivity contribution in [3.63, 3.8) is 0 Å². The molecule has 1 fully saturated rings. The molecule has 1 heterocycles. The molecule has 0 saturated carbocycles. The highest BCUT2D eigenvalue weighted by Gasteiger charge is 2.47. The first kappa shape index (κ1) is 31.2. The van der Waals surface area contributed by atoms with Gasteiger partial charge < -0.3 is 28.8 Å². The molecule has 1 aliphatic rings. The Morgan fingerprint density at radius 1 is 0.767 bits per heavy atom. The highest BCUT2D eigenvalue weighted by atomic mass is 35.5. The second-order valence-electron chi connectivity index (χ2n) is 10.7. The van der Waals surface area contributed by atoms with Crippen LogP contribution in [0.3, 0.4) is 0 Å². The van der Waals surface area contributed by atoms with Crippen LogP contribution in [0.1, 0.15) is 40.8 Å². The number of hydrogen-bond donors (Lipinski definition) is 1. The van der Waals surface area contributed by atoms with E-state index < -0.39 is 30.5 Å². The van der Waals surface area contributed by atoms with Crippen molar-refractivity contribution in [2.45, 2.75) is 57.1 Å². The quantitative estimate of drug-likeness (QED) is 0.179. The summed E-state index contributed by atoms with van der Waals surface area (Å²) in [4.78, 5) is 0. The molecule has 226 valence electrons. The molecule has 1 aliphatic heterocycles. The van der Waals surface area contributed by atoms with Crippen molar-refractivity contribution in [3.05, 3.63) is 136 Å². The summed E-state index contributed by atoms with van der Waals surface area (Å²) in [6.45, 7) is 3.46. The van der Waals surface area contributed by atoms with Crippen molar-refractivity contribution in [2.24, 2.45) is 0 Å². The Labute approximate surface area is 259 Å². The van der Waals surface area contributed by atoms with E-state index in [4.69, 9.17) is 35.3 Å². The lowest BCUT2D eigenvalue weighted by atomic mass is 9.89. The number of aliphatic hydroxyl groups is 1. The predicted octanol–water partition coefficient (Wildman–Crippen LogP) is 6.95. The maximum Gasteiger partial charge on any atom is 0.119 e. The minimum Gasteiger partial charge on any atom is -0.494 e. The molecule has 43 heavy (non-hydrogen) atoms. The van der Waals surface area contributed by atoms with Gasteiger partial charge in [-0.15, -0.1) is 0 Å². The normalized spacial score (nSPS) is 21.9. The largest absolute Gasteiger partial charge is 0.494 e. The number of hydrogen-bond acceptors (Lipinski definition) is 6. The molecular weight excluding hydrogens is 564 g/mol. The zero-order chi connectivity index (χ0) is 30.0. The van der Waals surface area contributed by atoms with Crippen LogP contribution in [0.15, 0.2) is 103 Å². The average Bonchev–Trinajstić information content (AvgIpc) is 3.04. The van der Waals surface area contributed by atoms with Gasteiger partial charge in [0, 0.05) is 12.1 Å². The molecule has 0 radical (unpaired) electrons. The maximum atomic E-state index is 11.5.